The summed E-state index contributed by atoms with van der Waals surface area (Å²) in [6, 6.07) is 1.72. The molecule has 16 nitrogen and oxygen atoms in total. The molecule has 4 rings (SSSR count). The van der Waals surface area contributed by atoms with Crippen LogP contribution < -0.4 is 10.6 Å². The van der Waals surface area contributed by atoms with E-state index in [1.165, 1.54) is 30.9 Å². The second kappa shape index (κ2) is 13.1. The van der Waals surface area contributed by atoms with E-state index in [-0.39, 0.29) is 19.7 Å². The summed E-state index contributed by atoms with van der Waals surface area (Å²) in [6.07, 6.45) is -2.43. The number of Topliss-reactive ketones (excluding diaryl/α,β-unsaturated/α-hetero) is 1. The minimum absolute atomic E-state index is 0.0350. The highest BCUT2D eigenvalue weighted by Gasteiger charge is 2.64. The number of hydrogen-bond donors (Lipinski definition) is 2. The lowest BCUT2D eigenvalue weighted by Crippen LogP contribution is -2.72. The molecule has 5 unspecified atom stereocenters. The molecule has 0 radical (unpaired) electrons. The average Bonchev–Trinajstić information content (AvgIpc) is 3.23. The largest absolute Gasteiger partial charge is 0.511 e. The van der Waals surface area contributed by atoms with Crippen molar-refractivity contribution in [1.29, 1.82) is 0 Å². The number of benzene rings is 1. The van der Waals surface area contributed by atoms with Crippen molar-refractivity contribution >= 4 is 47.6 Å². The van der Waals surface area contributed by atoms with Gasteiger partial charge < -0.3 is 34.6 Å². The summed E-state index contributed by atoms with van der Waals surface area (Å²) in [4.78, 5) is 105. The zero-order valence-electron chi connectivity index (χ0n) is 24.5. The van der Waals surface area contributed by atoms with Crippen molar-refractivity contribution in [3.8, 4) is 0 Å². The molecule has 3 saturated heterocycles. The Kier molecular flexibility index (Phi) is 9.50. The van der Waals surface area contributed by atoms with Crippen LogP contribution in [0, 0.1) is 5.92 Å². The maximum Gasteiger partial charge on any atom is 0.511 e. The number of hydrogen-bond acceptors (Lipinski definition) is 11. The van der Waals surface area contributed by atoms with Crippen LogP contribution in [0.15, 0.2) is 30.3 Å². The molecular weight excluding hydrogens is 582 g/mol. The van der Waals surface area contributed by atoms with Crippen LogP contribution in [0.2, 0.25) is 0 Å². The molecule has 0 aliphatic carbocycles. The minimum Gasteiger partial charge on any atom is -0.435 e. The van der Waals surface area contributed by atoms with E-state index in [1.807, 2.05) is 0 Å². The van der Waals surface area contributed by atoms with Gasteiger partial charge in [0.2, 0.25) is 18.1 Å². The van der Waals surface area contributed by atoms with Crippen LogP contribution in [0.25, 0.3) is 0 Å². The maximum absolute atomic E-state index is 13.5. The Morgan fingerprint density at radius 1 is 0.977 bits per heavy atom. The third-order valence-corrected chi connectivity index (χ3v) is 7.59. The molecule has 236 valence electrons. The van der Waals surface area contributed by atoms with Gasteiger partial charge in [0.15, 0.2) is 5.78 Å². The van der Waals surface area contributed by atoms with Crippen molar-refractivity contribution < 1.29 is 52.6 Å². The van der Waals surface area contributed by atoms with Gasteiger partial charge in [-0.2, -0.15) is 0 Å². The first-order valence-corrected chi connectivity index (χ1v) is 14.1. The average molecular weight is 616 g/mol. The Labute approximate surface area is 251 Å². The maximum atomic E-state index is 13.5. The Morgan fingerprint density at radius 3 is 2.30 bits per heavy atom. The number of urea groups is 1. The van der Waals surface area contributed by atoms with E-state index in [9.17, 15) is 38.4 Å². The number of β-lactam (4-membered cyclic amide) rings is 1. The number of ketones is 1. The van der Waals surface area contributed by atoms with E-state index in [2.05, 4.69) is 15.4 Å². The van der Waals surface area contributed by atoms with Gasteiger partial charge in [0.25, 0.3) is 0 Å². The lowest BCUT2D eigenvalue weighted by atomic mass is 9.92. The first-order chi connectivity index (χ1) is 20.9. The van der Waals surface area contributed by atoms with E-state index < -0.39 is 83.9 Å². The zero-order valence-corrected chi connectivity index (χ0v) is 24.5. The van der Waals surface area contributed by atoms with E-state index in [0.717, 1.165) is 4.90 Å². The fraction of sp³-hybridized carbons (Fsp3) is 0.500. The molecule has 0 spiro atoms. The second-order valence-corrected chi connectivity index (χ2v) is 10.3. The molecule has 16 heteroatoms. The van der Waals surface area contributed by atoms with Gasteiger partial charge in [0.1, 0.15) is 24.2 Å². The van der Waals surface area contributed by atoms with Crippen LogP contribution >= 0.6 is 0 Å². The van der Waals surface area contributed by atoms with Crippen LogP contribution in [0.1, 0.15) is 39.3 Å². The molecular formula is C28H33N5O11. The standard InChI is InChI=1S/C28H33N5O11/c1-5-31-12-13-32(25(38)24(31)37)27(40)30-17(16-10-8-7-9-11-16)22(35)29-18-20-21(34)14(3)19(33(20)23(18)36)26(39)43-15(4)44-28(41)42-6-2/h7-11,14-15,17-20H,5-6,12-13H2,1-4H3,(H,29,35)(H,30,40)/t14?,15?,17?,18?,19?,20-/m0/s1. The second-order valence-electron chi connectivity index (χ2n) is 10.3. The Bertz CT molecular complexity index is 1370. The van der Waals surface area contributed by atoms with Crippen molar-refractivity contribution in [2.75, 3.05) is 26.2 Å². The molecule has 2 N–H and O–H groups in total. The molecule has 0 bridgehead atoms. The molecule has 44 heavy (non-hydrogen) atoms. The summed E-state index contributed by atoms with van der Waals surface area (Å²) < 4.78 is 14.5. The summed E-state index contributed by atoms with van der Waals surface area (Å²) in [5, 5.41) is 4.95. The highest BCUT2D eigenvalue weighted by atomic mass is 16.8. The van der Waals surface area contributed by atoms with Gasteiger partial charge in [-0.3, -0.25) is 28.9 Å². The number of fused-ring (bicyclic) bond motifs is 1. The normalized spacial score (nSPS) is 24.1. The third kappa shape index (κ3) is 6.05. The first kappa shape index (κ1) is 31.9. The van der Waals surface area contributed by atoms with Gasteiger partial charge in [-0.15, -0.1) is 0 Å². The summed E-state index contributed by atoms with van der Waals surface area (Å²) in [5.41, 5.74) is 0.302. The predicted octanol–water partition coefficient (Wildman–Crippen LogP) is -0.527. The van der Waals surface area contributed by atoms with Gasteiger partial charge in [-0.05, 0) is 19.4 Å². The Hall–Kier alpha value is -5.02. The number of nitrogens with zero attached hydrogens (tertiary/aromatic N) is 3. The van der Waals surface area contributed by atoms with E-state index >= 15 is 0 Å². The number of rotatable bonds is 9. The highest BCUT2D eigenvalue weighted by molar-refractivity contribution is 6.38. The molecule has 3 aliphatic heterocycles. The number of amides is 6. The number of esters is 1. The molecule has 1 aromatic rings. The van der Waals surface area contributed by atoms with Crippen LogP contribution in [-0.4, -0.2) is 113 Å². The van der Waals surface area contributed by atoms with Gasteiger partial charge >= 0.3 is 30.0 Å². The summed E-state index contributed by atoms with van der Waals surface area (Å²) in [7, 11) is 0. The predicted molar refractivity (Wildman–Crippen MR) is 146 cm³/mol. The van der Waals surface area contributed by atoms with Crippen molar-refractivity contribution in [2.24, 2.45) is 5.92 Å². The summed E-state index contributed by atoms with van der Waals surface area (Å²) >= 11 is 0. The molecule has 3 aliphatic rings. The third-order valence-electron chi connectivity index (χ3n) is 7.59. The van der Waals surface area contributed by atoms with Crippen LogP contribution in [0.3, 0.4) is 0 Å². The lowest BCUT2D eigenvalue weighted by molar-refractivity contribution is -0.180. The minimum atomic E-state index is -1.41. The van der Waals surface area contributed by atoms with Crippen molar-refractivity contribution in [1.82, 2.24) is 25.3 Å². The number of carbonyl (C=O) groups excluding carboxylic acids is 8. The molecule has 0 aromatic heterocycles. The van der Waals surface area contributed by atoms with Crippen molar-refractivity contribution in [3.63, 3.8) is 0 Å². The smallest absolute Gasteiger partial charge is 0.435 e. The van der Waals surface area contributed by atoms with Crippen molar-refractivity contribution in [3.05, 3.63) is 35.9 Å². The highest BCUT2D eigenvalue weighted by Crippen LogP contribution is 2.37. The van der Waals surface area contributed by atoms with Gasteiger partial charge in [-0.25, -0.2) is 14.4 Å². The lowest BCUT2D eigenvalue weighted by Gasteiger charge is -2.44. The number of nitrogens with one attached hydrogen (secondary N) is 2. The van der Waals surface area contributed by atoms with Gasteiger partial charge in [0.05, 0.1) is 6.61 Å². The molecule has 0 saturated carbocycles. The number of likely N-dealkylation sites (N-methyl/N-ethyl adjacent to an activating group) is 1. The van der Waals surface area contributed by atoms with Crippen LogP contribution in [0.5, 0.6) is 0 Å². The quantitative estimate of drug-likeness (QED) is 0.157. The fourth-order valence-electron chi connectivity index (χ4n) is 5.35. The number of piperazine rings is 1. The van der Waals surface area contributed by atoms with E-state index in [0.29, 0.717) is 17.0 Å². The zero-order chi connectivity index (χ0) is 32.3. The van der Waals surface area contributed by atoms with Gasteiger partial charge in [-0.1, -0.05) is 37.3 Å². The van der Waals surface area contributed by atoms with E-state index in [4.69, 9.17) is 9.47 Å². The number of imide groups is 1. The Balaban J connectivity index is 1.46. The summed E-state index contributed by atoms with van der Waals surface area (Å²) in [6.45, 7) is 6.32. The van der Waals surface area contributed by atoms with E-state index in [1.54, 1.807) is 32.0 Å². The Morgan fingerprint density at radius 2 is 1.66 bits per heavy atom. The molecule has 1 aromatic carbocycles. The summed E-state index contributed by atoms with van der Waals surface area (Å²) in [5.74, 6) is -5.98. The topological polar surface area (TPSA) is 198 Å². The molecule has 3 fully saturated rings. The monoisotopic (exact) mass is 615 g/mol. The van der Waals surface area contributed by atoms with Crippen LogP contribution in [0.4, 0.5) is 9.59 Å². The van der Waals surface area contributed by atoms with Gasteiger partial charge in [0, 0.05) is 32.5 Å². The fourth-order valence-corrected chi connectivity index (χ4v) is 5.35. The van der Waals surface area contributed by atoms with Crippen LogP contribution in [-0.2, 0) is 43.0 Å². The number of ether oxygens (including phenoxy) is 3. The number of carbonyl (C=O) groups is 8. The first-order valence-electron chi connectivity index (χ1n) is 14.1. The molecule has 6 amide bonds. The molecule has 3 heterocycles. The SMILES string of the molecule is CCOC(=O)OC(C)OC(=O)C1C(C)C(=O)[C@@H]2C(NC(=O)C(NC(=O)N3CCN(CC)C(=O)C3=O)c3ccccc3)C(=O)N12. The van der Waals surface area contributed by atoms with Crippen molar-refractivity contribution in [2.45, 2.75) is 58.2 Å². The molecule has 6 atom stereocenters.